The summed E-state index contributed by atoms with van der Waals surface area (Å²) in [4.78, 5) is 54.9. The van der Waals surface area contributed by atoms with Gasteiger partial charge in [-0.1, -0.05) is 78.3 Å². The highest BCUT2D eigenvalue weighted by atomic mass is 35.5. The average Bonchev–Trinajstić information content (AvgIpc) is 3.84. The Balaban J connectivity index is 1.13. The first kappa shape index (κ1) is 45.1. The van der Waals surface area contributed by atoms with E-state index in [9.17, 15) is 19.2 Å². The number of ketones is 1. The second kappa shape index (κ2) is 14.8. The van der Waals surface area contributed by atoms with Crippen molar-refractivity contribution in [2.45, 2.75) is 184 Å². The Morgan fingerprint density at radius 1 is 0.850 bits per heavy atom. The normalized spacial score (nSPS) is 35.8. The summed E-state index contributed by atoms with van der Waals surface area (Å²) in [7, 11) is 0. The minimum Gasteiger partial charge on any atom is -0.462 e. The topological polar surface area (TPSA) is 98.8 Å². The average molecular weight is 845 g/mol. The second-order valence-corrected chi connectivity index (χ2v) is 24.1. The van der Waals surface area contributed by atoms with Gasteiger partial charge in [0.1, 0.15) is 11.7 Å². The first-order chi connectivity index (χ1) is 27.6. The molecular weight excluding hydrogens is 770 g/mol. The third-order valence-corrected chi connectivity index (χ3v) is 17.8. The van der Waals surface area contributed by atoms with Gasteiger partial charge < -0.3 is 14.8 Å². The number of nitrogens with one attached hydrogen (secondary N) is 1. The summed E-state index contributed by atoms with van der Waals surface area (Å²) in [6, 6.07) is 7.82. The van der Waals surface area contributed by atoms with Crippen LogP contribution in [0, 0.1) is 56.2 Å². The molecule has 60 heavy (non-hydrogen) atoms. The van der Waals surface area contributed by atoms with Crippen molar-refractivity contribution in [1.82, 2.24) is 5.32 Å². The zero-order valence-corrected chi connectivity index (χ0v) is 39.8. The Morgan fingerprint density at radius 3 is 2.10 bits per heavy atom. The minimum atomic E-state index is -0.983. The lowest BCUT2D eigenvalue weighted by Crippen LogP contribution is -2.65. The van der Waals surface area contributed by atoms with Gasteiger partial charge in [-0.3, -0.25) is 19.2 Å². The van der Waals surface area contributed by atoms with E-state index in [1.54, 1.807) is 13.8 Å². The Bertz CT molecular complexity index is 2000. The first-order valence-electron chi connectivity index (χ1n) is 23.1. The summed E-state index contributed by atoms with van der Waals surface area (Å²) in [5.74, 6) is 0.754. The van der Waals surface area contributed by atoms with E-state index in [0.29, 0.717) is 28.9 Å². The summed E-state index contributed by atoms with van der Waals surface area (Å²) < 4.78 is 12.0. The molecule has 330 valence electrons. The maximum Gasteiger partial charge on any atom is 0.312 e. The predicted molar refractivity (Wildman–Crippen MR) is 238 cm³/mol. The summed E-state index contributed by atoms with van der Waals surface area (Å²) in [6.07, 6.45) is 12.2. The van der Waals surface area contributed by atoms with Gasteiger partial charge in [-0.15, -0.1) is 0 Å². The Morgan fingerprint density at radius 2 is 1.50 bits per heavy atom. The lowest BCUT2D eigenvalue weighted by atomic mass is 9.33. The van der Waals surface area contributed by atoms with Crippen molar-refractivity contribution in [2.24, 2.45) is 56.2 Å². The molecule has 1 aromatic carbocycles. The molecule has 0 heterocycles. The molecule has 8 unspecified atom stereocenters. The minimum absolute atomic E-state index is 0.00908. The summed E-state index contributed by atoms with van der Waals surface area (Å²) in [6.45, 7) is 27.7. The SMILES string of the molecule is CC(=CC12CCC3(C)C(CCC4C5(C)CCC(OC(=O)CC(C)(C)C(=O)OC(C)(C)C)C(C)(C)C5CCC43C)C1=C(C(C)C)C(=O)C2)C(=O)NC1(c2ccc(Cl)cc2)CC1. The molecule has 0 bridgehead atoms. The number of Topliss-reactive ketones (excluding diaryl/α,β-unsaturated/α-hetero) is 1. The van der Waals surface area contributed by atoms with Gasteiger partial charge in [0.05, 0.1) is 17.4 Å². The molecule has 0 aliphatic heterocycles. The summed E-state index contributed by atoms with van der Waals surface area (Å²) >= 11 is 6.20. The van der Waals surface area contributed by atoms with Crippen LogP contribution in [0.15, 0.2) is 47.1 Å². The van der Waals surface area contributed by atoms with Crippen LogP contribution in [-0.2, 0) is 34.2 Å². The van der Waals surface area contributed by atoms with Crippen LogP contribution in [0.2, 0.25) is 5.02 Å². The Hall–Kier alpha value is -2.93. The molecule has 0 saturated heterocycles. The quantitative estimate of drug-likeness (QED) is 0.196. The summed E-state index contributed by atoms with van der Waals surface area (Å²) in [5.41, 5.74) is 1.63. The zero-order valence-electron chi connectivity index (χ0n) is 39.1. The number of carbonyl (C=O) groups excluding carboxylic acids is 4. The number of amides is 1. The van der Waals surface area contributed by atoms with Crippen LogP contribution in [0.5, 0.6) is 0 Å². The van der Waals surface area contributed by atoms with E-state index in [0.717, 1.165) is 75.3 Å². The maximum atomic E-state index is 14.3. The van der Waals surface area contributed by atoms with Gasteiger partial charge in [0, 0.05) is 27.8 Å². The number of benzene rings is 1. The van der Waals surface area contributed by atoms with Gasteiger partial charge >= 0.3 is 11.9 Å². The van der Waals surface area contributed by atoms with Crippen LogP contribution in [0.1, 0.15) is 173 Å². The smallest absolute Gasteiger partial charge is 0.312 e. The maximum absolute atomic E-state index is 14.3. The van der Waals surface area contributed by atoms with Crippen LogP contribution < -0.4 is 5.32 Å². The molecule has 7 nitrogen and oxygen atoms in total. The van der Waals surface area contributed by atoms with Gasteiger partial charge in [-0.2, -0.15) is 0 Å². The molecule has 6 aliphatic carbocycles. The number of allylic oxidation sites excluding steroid dienone is 3. The first-order valence-corrected chi connectivity index (χ1v) is 23.5. The van der Waals surface area contributed by atoms with Crippen LogP contribution in [0.4, 0.5) is 0 Å². The number of ether oxygens (including phenoxy) is 2. The molecular formula is C52H74ClNO6. The molecule has 8 heteroatoms. The van der Waals surface area contributed by atoms with E-state index in [1.165, 1.54) is 5.57 Å². The molecule has 0 aromatic heterocycles. The van der Waals surface area contributed by atoms with Gasteiger partial charge in [0.2, 0.25) is 5.91 Å². The monoisotopic (exact) mass is 844 g/mol. The van der Waals surface area contributed by atoms with E-state index in [4.69, 9.17) is 21.1 Å². The van der Waals surface area contributed by atoms with Crippen LogP contribution in [-0.4, -0.2) is 35.3 Å². The van der Waals surface area contributed by atoms with Gasteiger partial charge in [-0.25, -0.2) is 0 Å². The number of esters is 2. The number of halogens is 1. The van der Waals surface area contributed by atoms with Crippen molar-refractivity contribution in [3.63, 3.8) is 0 Å². The number of carbonyl (C=O) groups is 4. The number of rotatable bonds is 9. The Kier molecular flexibility index (Phi) is 11.2. The molecule has 7 rings (SSSR count). The molecule has 5 fully saturated rings. The van der Waals surface area contributed by atoms with Crippen molar-refractivity contribution in [3.8, 4) is 0 Å². The molecule has 1 N–H and O–H groups in total. The summed E-state index contributed by atoms with van der Waals surface area (Å²) in [5, 5.41) is 4.08. The van der Waals surface area contributed by atoms with Crippen molar-refractivity contribution < 1.29 is 28.7 Å². The van der Waals surface area contributed by atoms with Crippen molar-refractivity contribution >= 4 is 35.2 Å². The highest BCUT2D eigenvalue weighted by Gasteiger charge is 2.70. The van der Waals surface area contributed by atoms with E-state index >= 15 is 0 Å². The van der Waals surface area contributed by atoms with E-state index < -0.39 is 16.4 Å². The highest BCUT2D eigenvalue weighted by Crippen LogP contribution is 2.77. The lowest BCUT2D eigenvalue weighted by Gasteiger charge is -2.72. The van der Waals surface area contributed by atoms with Crippen LogP contribution in [0.3, 0.4) is 0 Å². The van der Waals surface area contributed by atoms with Crippen LogP contribution >= 0.6 is 11.6 Å². The largest absolute Gasteiger partial charge is 0.462 e. The highest BCUT2D eigenvalue weighted by molar-refractivity contribution is 6.30. The third-order valence-electron chi connectivity index (χ3n) is 17.6. The van der Waals surface area contributed by atoms with Crippen LogP contribution in [0.25, 0.3) is 0 Å². The molecule has 8 atom stereocenters. The molecule has 0 spiro atoms. The fraction of sp³-hybridized carbons (Fsp3) is 0.731. The Labute approximate surface area is 366 Å². The van der Waals surface area contributed by atoms with Crippen molar-refractivity contribution in [3.05, 3.63) is 57.6 Å². The molecule has 6 aliphatic rings. The van der Waals surface area contributed by atoms with Gasteiger partial charge in [-0.05, 0) is 175 Å². The van der Waals surface area contributed by atoms with Gasteiger partial charge in [0.15, 0.2) is 5.78 Å². The zero-order chi connectivity index (χ0) is 44.2. The molecule has 1 aromatic rings. The van der Waals surface area contributed by atoms with Crippen molar-refractivity contribution in [1.29, 1.82) is 0 Å². The fourth-order valence-electron chi connectivity index (χ4n) is 14.2. The van der Waals surface area contributed by atoms with Gasteiger partial charge in [0.25, 0.3) is 0 Å². The van der Waals surface area contributed by atoms with E-state index in [1.807, 2.05) is 52.0 Å². The lowest BCUT2D eigenvalue weighted by molar-refractivity contribution is -0.232. The van der Waals surface area contributed by atoms with Crippen molar-refractivity contribution in [2.75, 3.05) is 0 Å². The van der Waals surface area contributed by atoms with E-state index in [-0.39, 0.29) is 75.2 Å². The fourth-order valence-corrected chi connectivity index (χ4v) is 14.4. The standard InChI is InChI=1S/C52H74ClNO6/c1-31(2)41-36(55)29-51(28-32(3)43(57)54-52(26-27-52)33-14-16-34(53)17-15-33)25-24-49(12)35(42(41)51)18-19-38-48(11)22-21-39(47(9,10)37(48)20-23-50(38,49)13)59-40(56)30-46(7,8)44(58)60-45(4,5)6/h14-17,28,31,35,37-39H,18-27,29-30H2,1-13H3,(H,54,57). The predicted octanol–water partition coefficient (Wildman–Crippen LogP) is 12.0. The number of hydrogen-bond acceptors (Lipinski definition) is 6. The van der Waals surface area contributed by atoms with E-state index in [2.05, 4.69) is 59.9 Å². The molecule has 1 amide bonds. The number of hydrogen-bond donors (Lipinski definition) is 1. The second-order valence-electron chi connectivity index (χ2n) is 23.6. The molecule has 5 saturated carbocycles. The third kappa shape index (κ3) is 7.34. The number of fused-ring (bicyclic) bond motifs is 7. The molecule has 0 radical (unpaired) electrons.